The number of hydrogen-bond donors (Lipinski definition) is 1. The molecular formula is C13H17NO2. The van der Waals surface area contributed by atoms with Crippen LogP contribution < -0.4 is 0 Å². The summed E-state index contributed by atoms with van der Waals surface area (Å²) < 4.78 is 0. The van der Waals surface area contributed by atoms with Gasteiger partial charge in [-0.2, -0.15) is 0 Å². The molecular weight excluding hydrogens is 202 g/mol. The molecule has 0 saturated heterocycles. The molecule has 1 aromatic carbocycles. The Hall–Kier alpha value is -1.35. The third kappa shape index (κ3) is 3.07. The number of phenolic OH excluding ortho intramolecular Hbond substituents is 1. The second-order valence-corrected chi connectivity index (χ2v) is 4.61. The van der Waals surface area contributed by atoms with Gasteiger partial charge in [0.15, 0.2) is 5.78 Å². The molecule has 1 aliphatic rings. The Balaban J connectivity index is 1.88. The average Bonchev–Trinajstić information content (AvgIpc) is 3.02. The van der Waals surface area contributed by atoms with Gasteiger partial charge in [0.1, 0.15) is 5.75 Å². The number of aromatic hydroxyl groups is 1. The van der Waals surface area contributed by atoms with Crippen LogP contribution in [-0.2, 0) is 0 Å². The molecule has 0 aromatic heterocycles. The zero-order valence-corrected chi connectivity index (χ0v) is 9.52. The van der Waals surface area contributed by atoms with Gasteiger partial charge in [-0.05, 0) is 50.1 Å². The predicted octanol–water partition coefficient (Wildman–Crippen LogP) is 1.92. The van der Waals surface area contributed by atoms with E-state index in [1.807, 2.05) is 7.05 Å². The maximum absolute atomic E-state index is 11.8. The number of nitrogens with zero attached hydrogens (tertiary/aromatic N) is 1. The van der Waals surface area contributed by atoms with Crippen molar-refractivity contribution in [2.75, 3.05) is 20.1 Å². The van der Waals surface area contributed by atoms with E-state index in [-0.39, 0.29) is 11.5 Å². The van der Waals surface area contributed by atoms with Gasteiger partial charge in [0.05, 0.1) is 6.54 Å². The molecule has 86 valence electrons. The standard InChI is InChI=1S/C13H17NO2/c1-14(8-10-2-3-10)9-13(16)11-4-6-12(15)7-5-11/h4-7,10,15H,2-3,8-9H2,1H3. The van der Waals surface area contributed by atoms with Crippen LogP contribution in [0, 0.1) is 5.92 Å². The molecule has 1 aliphatic carbocycles. The molecule has 0 unspecified atom stereocenters. The van der Waals surface area contributed by atoms with Crippen LogP contribution in [0.1, 0.15) is 23.2 Å². The summed E-state index contributed by atoms with van der Waals surface area (Å²) in [7, 11) is 1.98. The third-order valence-corrected chi connectivity index (χ3v) is 2.87. The molecule has 1 fully saturated rings. The van der Waals surface area contributed by atoms with Crippen LogP contribution in [0.4, 0.5) is 0 Å². The summed E-state index contributed by atoms with van der Waals surface area (Å²) in [6, 6.07) is 6.44. The Morgan fingerprint density at radius 1 is 1.38 bits per heavy atom. The lowest BCUT2D eigenvalue weighted by atomic mass is 10.1. The second kappa shape index (κ2) is 4.66. The van der Waals surface area contributed by atoms with Crippen molar-refractivity contribution in [2.24, 2.45) is 5.92 Å². The molecule has 0 aliphatic heterocycles. The highest BCUT2D eigenvalue weighted by Crippen LogP contribution is 2.29. The minimum Gasteiger partial charge on any atom is -0.508 e. The topological polar surface area (TPSA) is 40.5 Å². The quantitative estimate of drug-likeness (QED) is 0.769. The molecule has 1 N–H and O–H groups in total. The average molecular weight is 219 g/mol. The molecule has 3 nitrogen and oxygen atoms in total. The van der Waals surface area contributed by atoms with Gasteiger partial charge in [-0.3, -0.25) is 9.69 Å². The first-order chi connectivity index (χ1) is 7.65. The lowest BCUT2D eigenvalue weighted by Gasteiger charge is -2.14. The van der Waals surface area contributed by atoms with Crippen LogP contribution in [0.25, 0.3) is 0 Å². The molecule has 2 rings (SSSR count). The number of benzene rings is 1. The van der Waals surface area contributed by atoms with E-state index < -0.39 is 0 Å². The van der Waals surface area contributed by atoms with Gasteiger partial charge in [0.2, 0.25) is 0 Å². The van der Waals surface area contributed by atoms with Crippen molar-refractivity contribution in [3.8, 4) is 5.75 Å². The molecule has 0 bridgehead atoms. The van der Waals surface area contributed by atoms with Crippen LogP contribution >= 0.6 is 0 Å². The third-order valence-electron chi connectivity index (χ3n) is 2.87. The molecule has 0 radical (unpaired) electrons. The first kappa shape index (κ1) is 11.1. The maximum atomic E-state index is 11.8. The van der Waals surface area contributed by atoms with Gasteiger partial charge in [0.25, 0.3) is 0 Å². The van der Waals surface area contributed by atoms with Gasteiger partial charge in [0, 0.05) is 12.1 Å². The van der Waals surface area contributed by atoms with Crippen molar-refractivity contribution in [1.29, 1.82) is 0 Å². The summed E-state index contributed by atoms with van der Waals surface area (Å²) in [6.45, 7) is 1.48. The van der Waals surface area contributed by atoms with E-state index in [0.29, 0.717) is 12.1 Å². The summed E-state index contributed by atoms with van der Waals surface area (Å²) in [5.41, 5.74) is 0.667. The smallest absolute Gasteiger partial charge is 0.176 e. The lowest BCUT2D eigenvalue weighted by molar-refractivity contribution is 0.0944. The number of phenols is 1. The van der Waals surface area contributed by atoms with E-state index in [0.717, 1.165) is 12.5 Å². The van der Waals surface area contributed by atoms with E-state index in [1.54, 1.807) is 24.3 Å². The SMILES string of the molecule is CN(CC(=O)c1ccc(O)cc1)CC1CC1. The van der Waals surface area contributed by atoms with Crippen LogP contribution in [-0.4, -0.2) is 35.9 Å². The van der Waals surface area contributed by atoms with Gasteiger partial charge < -0.3 is 5.11 Å². The van der Waals surface area contributed by atoms with Crippen LogP contribution in [0.15, 0.2) is 24.3 Å². The van der Waals surface area contributed by atoms with Gasteiger partial charge in [-0.15, -0.1) is 0 Å². The van der Waals surface area contributed by atoms with E-state index in [4.69, 9.17) is 5.11 Å². The Morgan fingerprint density at radius 2 is 2.00 bits per heavy atom. The highest BCUT2D eigenvalue weighted by Gasteiger charge is 2.23. The molecule has 0 amide bonds. The number of carbonyl (C=O) groups is 1. The summed E-state index contributed by atoms with van der Waals surface area (Å²) in [5.74, 6) is 1.11. The van der Waals surface area contributed by atoms with Crippen LogP contribution in [0.2, 0.25) is 0 Å². The zero-order chi connectivity index (χ0) is 11.5. The monoisotopic (exact) mass is 219 g/mol. The van der Waals surface area contributed by atoms with Gasteiger partial charge in [-0.25, -0.2) is 0 Å². The number of likely N-dealkylation sites (N-methyl/N-ethyl adjacent to an activating group) is 1. The highest BCUT2D eigenvalue weighted by atomic mass is 16.3. The van der Waals surface area contributed by atoms with Crippen molar-refractivity contribution in [2.45, 2.75) is 12.8 Å². The number of rotatable bonds is 5. The predicted molar refractivity (Wildman–Crippen MR) is 62.7 cm³/mol. The Kier molecular flexibility index (Phi) is 3.25. The fraction of sp³-hybridized carbons (Fsp3) is 0.462. The first-order valence-electron chi connectivity index (χ1n) is 5.66. The molecule has 16 heavy (non-hydrogen) atoms. The van der Waals surface area contributed by atoms with Crippen molar-refractivity contribution in [3.05, 3.63) is 29.8 Å². The van der Waals surface area contributed by atoms with Crippen molar-refractivity contribution in [1.82, 2.24) is 4.90 Å². The Bertz CT molecular complexity index is 368. The van der Waals surface area contributed by atoms with E-state index >= 15 is 0 Å². The van der Waals surface area contributed by atoms with Crippen LogP contribution in [0.5, 0.6) is 5.75 Å². The molecule has 0 spiro atoms. The van der Waals surface area contributed by atoms with E-state index in [9.17, 15) is 4.79 Å². The fourth-order valence-corrected chi connectivity index (χ4v) is 1.79. The number of hydrogen-bond acceptors (Lipinski definition) is 3. The Labute approximate surface area is 95.7 Å². The van der Waals surface area contributed by atoms with Crippen molar-refractivity contribution >= 4 is 5.78 Å². The number of ketones is 1. The number of carbonyl (C=O) groups excluding carboxylic acids is 1. The van der Waals surface area contributed by atoms with Crippen molar-refractivity contribution in [3.63, 3.8) is 0 Å². The minimum absolute atomic E-state index is 0.114. The molecule has 1 saturated carbocycles. The van der Waals surface area contributed by atoms with E-state index in [2.05, 4.69) is 4.90 Å². The van der Waals surface area contributed by atoms with Crippen LogP contribution in [0.3, 0.4) is 0 Å². The molecule has 1 aromatic rings. The first-order valence-corrected chi connectivity index (χ1v) is 5.66. The zero-order valence-electron chi connectivity index (χ0n) is 9.52. The lowest BCUT2D eigenvalue weighted by Crippen LogP contribution is -2.27. The fourth-order valence-electron chi connectivity index (χ4n) is 1.79. The summed E-state index contributed by atoms with van der Waals surface area (Å²) in [5, 5.41) is 9.13. The Morgan fingerprint density at radius 3 is 2.56 bits per heavy atom. The largest absolute Gasteiger partial charge is 0.508 e. The van der Waals surface area contributed by atoms with Gasteiger partial charge in [-0.1, -0.05) is 0 Å². The minimum atomic E-state index is 0.114. The maximum Gasteiger partial charge on any atom is 0.176 e. The molecule has 0 heterocycles. The molecule has 3 heteroatoms. The summed E-state index contributed by atoms with van der Waals surface area (Å²) in [6.07, 6.45) is 2.61. The highest BCUT2D eigenvalue weighted by molar-refractivity contribution is 5.97. The second-order valence-electron chi connectivity index (χ2n) is 4.61. The summed E-state index contributed by atoms with van der Waals surface area (Å²) in [4.78, 5) is 13.9. The van der Waals surface area contributed by atoms with E-state index in [1.165, 1.54) is 12.8 Å². The summed E-state index contributed by atoms with van der Waals surface area (Å²) >= 11 is 0. The van der Waals surface area contributed by atoms with Crippen molar-refractivity contribution < 1.29 is 9.90 Å². The number of Topliss-reactive ketones (excluding diaryl/α,β-unsaturated/α-hetero) is 1. The molecule has 0 atom stereocenters. The normalized spacial score (nSPS) is 15.4. The van der Waals surface area contributed by atoms with Gasteiger partial charge >= 0.3 is 0 Å².